The molecule has 1 aliphatic rings. The fraction of sp³-hybridized carbons (Fsp3) is 0.714. The largest absolute Gasteiger partial charge is 0.480 e. The van der Waals surface area contributed by atoms with Gasteiger partial charge in [0.05, 0.1) is 13.0 Å². The predicted molar refractivity (Wildman–Crippen MR) is 39.5 cm³/mol. The van der Waals surface area contributed by atoms with E-state index in [4.69, 9.17) is 5.11 Å². The summed E-state index contributed by atoms with van der Waals surface area (Å²) in [6.45, 7) is 0.393. The van der Waals surface area contributed by atoms with Gasteiger partial charge >= 0.3 is 11.9 Å². The van der Waals surface area contributed by atoms with E-state index in [1.54, 1.807) is 0 Å². The molecule has 12 heavy (non-hydrogen) atoms. The Labute approximate surface area is 69.7 Å². The predicted octanol–water partition coefficient (Wildman–Crippen LogP) is -0.778. The Hall–Kier alpha value is -1.10. The molecule has 1 saturated heterocycles. The van der Waals surface area contributed by atoms with Crippen molar-refractivity contribution >= 4 is 11.9 Å². The number of carboxylic acids is 1. The highest BCUT2D eigenvalue weighted by Crippen LogP contribution is 2.15. The first kappa shape index (κ1) is 8.99. The van der Waals surface area contributed by atoms with E-state index in [-0.39, 0.29) is 11.9 Å². The smallest absolute Gasteiger partial charge is 0.320 e. The van der Waals surface area contributed by atoms with Crippen LogP contribution < -0.4 is 5.32 Å². The number of hydrogen-bond donors (Lipinski definition) is 2. The van der Waals surface area contributed by atoms with E-state index in [2.05, 4.69) is 10.1 Å². The number of rotatable bonds is 2. The summed E-state index contributed by atoms with van der Waals surface area (Å²) in [6.07, 6.45) is 0.321. The highest BCUT2D eigenvalue weighted by atomic mass is 16.5. The molecule has 5 nitrogen and oxygen atoms in total. The highest BCUT2D eigenvalue weighted by molar-refractivity contribution is 5.78. The van der Waals surface area contributed by atoms with E-state index in [1.165, 1.54) is 7.11 Å². The average Bonchev–Trinajstić information content (AvgIpc) is 2.51. The van der Waals surface area contributed by atoms with Crippen LogP contribution in [0.25, 0.3) is 0 Å². The van der Waals surface area contributed by atoms with Crippen LogP contribution in [0.1, 0.15) is 6.42 Å². The van der Waals surface area contributed by atoms with Crippen LogP contribution in [-0.2, 0) is 14.3 Å². The van der Waals surface area contributed by atoms with Gasteiger partial charge in [0.15, 0.2) is 0 Å². The van der Waals surface area contributed by atoms with Gasteiger partial charge in [-0.25, -0.2) is 0 Å². The molecule has 0 radical (unpaired) electrons. The monoisotopic (exact) mass is 173 g/mol. The maximum atomic E-state index is 10.9. The summed E-state index contributed by atoms with van der Waals surface area (Å²) >= 11 is 0. The highest BCUT2D eigenvalue weighted by Gasteiger charge is 2.33. The number of methoxy groups -OCH3 is 1. The number of esters is 1. The van der Waals surface area contributed by atoms with Crippen molar-refractivity contribution in [2.24, 2.45) is 5.92 Å². The third-order valence-corrected chi connectivity index (χ3v) is 1.96. The standard InChI is InChI=1S/C7H11NO4/c1-12-7(11)4-2-5(6(9)10)8-3-4/h4-5,8H,2-3H2,1H3,(H,9,10)/t4-,5-/m0/s1. The number of ether oxygens (including phenoxy) is 1. The van der Waals surface area contributed by atoms with E-state index in [0.717, 1.165) is 0 Å². The van der Waals surface area contributed by atoms with Crippen LogP contribution in [-0.4, -0.2) is 36.7 Å². The lowest BCUT2D eigenvalue weighted by molar-refractivity contribution is -0.144. The lowest BCUT2D eigenvalue weighted by Gasteiger charge is -2.04. The van der Waals surface area contributed by atoms with Gasteiger partial charge in [-0.2, -0.15) is 0 Å². The number of aliphatic carboxylic acids is 1. The molecule has 0 bridgehead atoms. The Balaban J connectivity index is 2.45. The molecule has 2 atom stereocenters. The van der Waals surface area contributed by atoms with E-state index in [1.807, 2.05) is 0 Å². The van der Waals surface area contributed by atoms with Crippen LogP contribution in [0, 0.1) is 5.92 Å². The lowest BCUT2D eigenvalue weighted by atomic mass is 10.1. The third-order valence-electron chi connectivity index (χ3n) is 1.96. The molecular formula is C7H11NO4. The van der Waals surface area contributed by atoms with Gasteiger partial charge in [-0.3, -0.25) is 9.59 Å². The summed E-state index contributed by atoms with van der Waals surface area (Å²) in [5.41, 5.74) is 0. The number of carboxylic acid groups (broad SMARTS) is 1. The molecule has 5 heteroatoms. The lowest BCUT2D eigenvalue weighted by Crippen LogP contribution is -2.29. The maximum Gasteiger partial charge on any atom is 0.320 e. The average molecular weight is 173 g/mol. The van der Waals surface area contributed by atoms with Crippen molar-refractivity contribution in [1.29, 1.82) is 0 Å². The van der Waals surface area contributed by atoms with Crippen LogP contribution in [0.4, 0.5) is 0 Å². The minimum absolute atomic E-state index is 0.309. The normalized spacial score (nSPS) is 28.4. The summed E-state index contributed by atoms with van der Waals surface area (Å²) in [5, 5.41) is 11.3. The van der Waals surface area contributed by atoms with E-state index >= 15 is 0 Å². The van der Waals surface area contributed by atoms with Crippen molar-refractivity contribution < 1.29 is 19.4 Å². The molecule has 0 aromatic rings. The molecule has 0 unspecified atom stereocenters. The van der Waals surface area contributed by atoms with Crippen LogP contribution >= 0.6 is 0 Å². The van der Waals surface area contributed by atoms with Gasteiger partial charge in [0, 0.05) is 6.54 Å². The number of carbonyl (C=O) groups is 2. The van der Waals surface area contributed by atoms with Crippen molar-refractivity contribution in [3.63, 3.8) is 0 Å². The summed E-state index contributed by atoms with van der Waals surface area (Å²) in [4.78, 5) is 21.4. The SMILES string of the molecule is COC(=O)[C@@H]1CN[C@H](C(=O)O)C1. The molecule has 1 aliphatic heterocycles. The third kappa shape index (κ3) is 1.73. The Morgan fingerprint density at radius 3 is 2.67 bits per heavy atom. The molecule has 0 amide bonds. The zero-order valence-electron chi connectivity index (χ0n) is 6.74. The molecule has 2 N–H and O–H groups in total. The fourth-order valence-electron chi connectivity index (χ4n) is 1.27. The van der Waals surface area contributed by atoms with Crippen molar-refractivity contribution in [2.45, 2.75) is 12.5 Å². The minimum Gasteiger partial charge on any atom is -0.480 e. The first-order chi connectivity index (χ1) is 5.65. The molecule has 68 valence electrons. The first-order valence-corrected chi connectivity index (χ1v) is 3.69. The molecule has 0 aromatic heterocycles. The van der Waals surface area contributed by atoms with Crippen LogP contribution in [0.15, 0.2) is 0 Å². The van der Waals surface area contributed by atoms with Crippen LogP contribution in [0.3, 0.4) is 0 Å². The van der Waals surface area contributed by atoms with Gasteiger partial charge in [-0.15, -0.1) is 0 Å². The molecule has 1 fully saturated rings. The zero-order valence-corrected chi connectivity index (χ0v) is 6.74. The quantitative estimate of drug-likeness (QED) is 0.536. The second-order valence-corrected chi connectivity index (χ2v) is 2.75. The molecule has 0 spiro atoms. The van der Waals surface area contributed by atoms with Gasteiger partial charge in [-0.05, 0) is 6.42 Å². The Kier molecular flexibility index (Phi) is 2.65. The number of nitrogens with one attached hydrogen (secondary N) is 1. The Morgan fingerprint density at radius 2 is 2.25 bits per heavy atom. The molecule has 0 saturated carbocycles. The van der Waals surface area contributed by atoms with E-state index < -0.39 is 12.0 Å². The molecule has 1 heterocycles. The van der Waals surface area contributed by atoms with Gasteiger partial charge in [0.25, 0.3) is 0 Å². The maximum absolute atomic E-state index is 10.9. The Morgan fingerprint density at radius 1 is 1.58 bits per heavy atom. The molecule has 0 aromatic carbocycles. The fourth-order valence-corrected chi connectivity index (χ4v) is 1.27. The second-order valence-electron chi connectivity index (χ2n) is 2.75. The molecule has 1 rings (SSSR count). The van der Waals surface area contributed by atoms with E-state index in [9.17, 15) is 9.59 Å². The zero-order chi connectivity index (χ0) is 9.14. The van der Waals surface area contributed by atoms with Gasteiger partial charge in [-0.1, -0.05) is 0 Å². The van der Waals surface area contributed by atoms with Crippen LogP contribution in [0.5, 0.6) is 0 Å². The molecular weight excluding hydrogens is 162 g/mol. The summed E-state index contributed by atoms with van der Waals surface area (Å²) in [6, 6.07) is -0.603. The summed E-state index contributed by atoms with van der Waals surface area (Å²) < 4.78 is 4.49. The van der Waals surface area contributed by atoms with Crippen LogP contribution in [0.2, 0.25) is 0 Å². The van der Waals surface area contributed by atoms with Gasteiger partial charge in [0.1, 0.15) is 6.04 Å². The second kappa shape index (κ2) is 3.53. The van der Waals surface area contributed by atoms with Gasteiger partial charge < -0.3 is 15.2 Å². The number of hydrogen-bond acceptors (Lipinski definition) is 4. The van der Waals surface area contributed by atoms with Gasteiger partial charge in [0.2, 0.25) is 0 Å². The first-order valence-electron chi connectivity index (χ1n) is 3.69. The summed E-state index contributed by atoms with van der Waals surface area (Å²) in [5.74, 6) is -1.57. The van der Waals surface area contributed by atoms with Crippen molar-refractivity contribution in [3.8, 4) is 0 Å². The molecule has 0 aliphatic carbocycles. The minimum atomic E-state index is -0.915. The number of carbonyl (C=O) groups excluding carboxylic acids is 1. The summed E-state index contributed by atoms with van der Waals surface area (Å²) in [7, 11) is 1.30. The van der Waals surface area contributed by atoms with Crippen molar-refractivity contribution in [3.05, 3.63) is 0 Å². The van der Waals surface area contributed by atoms with E-state index in [0.29, 0.717) is 13.0 Å². The Bertz CT molecular complexity index is 204. The topological polar surface area (TPSA) is 75.6 Å². The van der Waals surface area contributed by atoms with Crippen molar-refractivity contribution in [1.82, 2.24) is 5.32 Å². The van der Waals surface area contributed by atoms with Crippen molar-refractivity contribution in [2.75, 3.05) is 13.7 Å².